The molecule has 0 aromatic heterocycles. The first-order valence-corrected chi connectivity index (χ1v) is 12.3. The van der Waals surface area contributed by atoms with E-state index in [0.717, 1.165) is 16.7 Å². The second kappa shape index (κ2) is 9.59. The zero-order chi connectivity index (χ0) is 25.5. The van der Waals surface area contributed by atoms with Crippen molar-refractivity contribution in [2.24, 2.45) is 0 Å². The van der Waals surface area contributed by atoms with Crippen LogP contribution in [0.5, 0.6) is 0 Å². The Hall–Kier alpha value is -2.96. The lowest BCUT2D eigenvalue weighted by molar-refractivity contribution is -0.151. The summed E-state index contributed by atoms with van der Waals surface area (Å²) in [6.07, 6.45) is -3.50. The molecule has 0 aliphatic carbocycles. The molecule has 0 bridgehead atoms. The molecule has 3 N–H and O–H groups in total. The molecule has 0 saturated carbocycles. The van der Waals surface area contributed by atoms with Crippen LogP contribution in [0.3, 0.4) is 0 Å². The molecule has 4 rings (SSSR count). The molecular weight excluding hydrogens is 483 g/mol. The summed E-state index contributed by atoms with van der Waals surface area (Å²) >= 11 is 1.40. The minimum Gasteiger partial charge on any atom is -0.393 e. The number of hydrazine groups is 1. The zero-order valence-electron chi connectivity index (χ0n) is 19.3. The Bertz CT molecular complexity index is 1130. The Morgan fingerprint density at radius 1 is 1.17 bits per heavy atom. The van der Waals surface area contributed by atoms with E-state index < -0.39 is 36.4 Å². The molecule has 2 unspecified atom stereocenters. The number of halogens is 3. The van der Waals surface area contributed by atoms with Crippen LogP contribution in [0, 0.1) is 0 Å². The van der Waals surface area contributed by atoms with Gasteiger partial charge in [-0.05, 0) is 49.9 Å². The summed E-state index contributed by atoms with van der Waals surface area (Å²) in [6, 6.07) is 8.01. The molecule has 0 radical (unpaired) electrons. The number of likely N-dealkylation sites (N-methyl/N-ethyl adjacent to an activating group) is 1. The summed E-state index contributed by atoms with van der Waals surface area (Å²) in [4.78, 5) is 29.3. The van der Waals surface area contributed by atoms with Crippen molar-refractivity contribution in [3.63, 3.8) is 0 Å². The number of aliphatic hydroxyl groups is 1. The Morgan fingerprint density at radius 3 is 2.49 bits per heavy atom. The van der Waals surface area contributed by atoms with Crippen LogP contribution in [-0.4, -0.2) is 59.7 Å². The lowest BCUT2D eigenvalue weighted by Gasteiger charge is -2.40. The van der Waals surface area contributed by atoms with Crippen LogP contribution >= 0.6 is 11.8 Å². The van der Waals surface area contributed by atoms with Crippen molar-refractivity contribution in [2.45, 2.75) is 43.2 Å². The number of hydrogen-bond donors (Lipinski definition) is 3. The maximum absolute atomic E-state index is 13.9. The first-order valence-electron chi connectivity index (χ1n) is 11.0. The van der Waals surface area contributed by atoms with Gasteiger partial charge in [-0.1, -0.05) is 18.2 Å². The first-order chi connectivity index (χ1) is 16.6. The third-order valence-electron chi connectivity index (χ3n) is 6.20. The number of benzene rings is 2. The van der Waals surface area contributed by atoms with E-state index in [0.29, 0.717) is 17.8 Å². The summed E-state index contributed by atoms with van der Waals surface area (Å²) in [5, 5.41) is 13.9. The number of nitrogens with one attached hydrogen (secondary N) is 2. The number of rotatable bonds is 6. The number of urea groups is 1. The number of carbonyl (C=O) groups is 2. The second-order valence-electron chi connectivity index (χ2n) is 8.18. The smallest absolute Gasteiger partial charge is 0.393 e. The van der Waals surface area contributed by atoms with Crippen LogP contribution in [0.25, 0.3) is 0 Å². The van der Waals surface area contributed by atoms with Gasteiger partial charge in [-0.25, -0.2) is 15.2 Å². The largest absolute Gasteiger partial charge is 0.408 e. The number of nitrogens with zero attached hydrogens (tertiary/aromatic N) is 3. The average Bonchev–Trinajstić information content (AvgIpc) is 3.17. The van der Waals surface area contributed by atoms with Crippen molar-refractivity contribution in [1.82, 2.24) is 10.3 Å². The van der Waals surface area contributed by atoms with E-state index in [4.69, 9.17) is 0 Å². The van der Waals surface area contributed by atoms with Crippen LogP contribution in [0.1, 0.15) is 25.5 Å². The predicted octanol–water partition coefficient (Wildman–Crippen LogP) is 3.94. The Balaban J connectivity index is 1.80. The molecule has 2 aromatic rings. The molecule has 188 valence electrons. The highest BCUT2D eigenvalue weighted by molar-refractivity contribution is 7.98. The molecule has 3 atom stereocenters. The van der Waals surface area contributed by atoms with Crippen molar-refractivity contribution in [1.29, 1.82) is 0 Å². The molecule has 35 heavy (non-hydrogen) atoms. The highest BCUT2D eigenvalue weighted by atomic mass is 32.2. The highest BCUT2D eigenvalue weighted by Crippen LogP contribution is 2.44. The number of alkyl halides is 3. The fourth-order valence-corrected chi connectivity index (χ4v) is 4.97. The quantitative estimate of drug-likeness (QED) is 0.512. The second-order valence-corrected chi connectivity index (χ2v) is 9.03. The van der Waals surface area contributed by atoms with E-state index in [1.165, 1.54) is 27.7 Å². The summed E-state index contributed by atoms with van der Waals surface area (Å²) in [7, 11) is 0. The van der Waals surface area contributed by atoms with E-state index in [2.05, 4.69) is 10.7 Å². The number of fused-ring (bicyclic) bond motifs is 1. The van der Waals surface area contributed by atoms with Crippen molar-refractivity contribution >= 4 is 40.8 Å². The van der Waals surface area contributed by atoms with Gasteiger partial charge in [-0.15, -0.1) is 11.8 Å². The van der Waals surface area contributed by atoms with Gasteiger partial charge in [0, 0.05) is 11.4 Å². The molecule has 1 saturated heterocycles. The maximum atomic E-state index is 13.9. The molecule has 3 amide bonds. The number of hydrogen-bond acceptors (Lipinski definition) is 6. The Labute approximate surface area is 205 Å². The number of anilines is 3. The molecule has 2 heterocycles. The van der Waals surface area contributed by atoms with Gasteiger partial charge in [-0.3, -0.25) is 9.69 Å². The van der Waals surface area contributed by atoms with Gasteiger partial charge in [0.15, 0.2) is 0 Å². The summed E-state index contributed by atoms with van der Waals surface area (Å²) in [5.74, 6) is -0.745. The monoisotopic (exact) mass is 509 g/mol. The Morgan fingerprint density at radius 2 is 1.89 bits per heavy atom. The van der Waals surface area contributed by atoms with E-state index in [9.17, 15) is 27.9 Å². The predicted molar refractivity (Wildman–Crippen MR) is 128 cm³/mol. The standard InChI is InChI=1S/C23H26F3N5O3S/c1-4-29-19(12-32)28-31(22(29)34)14-9-10-16-17(11-14)30(13(2)23(24,25)26)21(33)20(27-16)15-7-5-6-8-18(15)35-3/h5-11,13,19-20,27-28,32H,4,12H2,1-3H3/t13-,19?,20?/m0/s1. The third-order valence-corrected chi connectivity index (χ3v) is 7.01. The van der Waals surface area contributed by atoms with Crippen molar-refractivity contribution < 1.29 is 27.9 Å². The molecular formula is C23H26F3N5O3S. The van der Waals surface area contributed by atoms with Crippen LogP contribution in [0.4, 0.5) is 35.0 Å². The average molecular weight is 510 g/mol. The van der Waals surface area contributed by atoms with Gasteiger partial charge in [0.2, 0.25) is 0 Å². The fourth-order valence-electron chi connectivity index (χ4n) is 4.33. The minimum atomic E-state index is -4.67. The first kappa shape index (κ1) is 25.1. The van der Waals surface area contributed by atoms with Crippen molar-refractivity contribution in [3.8, 4) is 0 Å². The third kappa shape index (κ3) is 4.41. The zero-order valence-corrected chi connectivity index (χ0v) is 20.2. The Kier molecular flexibility index (Phi) is 6.89. The number of carbonyl (C=O) groups excluding carboxylic acids is 2. The maximum Gasteiger partial charge on any atom is 0.408 e. The van der Waals surface area contributed by atoms with Gasteiger partial charge >= 0.3 is 12.2 Å². The number of amides is 3. The van der Waals surface area contributed by atoms with Gasteiger partial charge in [0.1, 0.15) is 18.2 Å². The van der Waals surface area contributed by atoms with Crippen LogP contribution in [0.2, 0.25) is 0 Å². The van der Waals surface area contributed by atoms with Gasteiger partial charge in [-0.2, -0.15) is 13.2 Å². The lowest BCUT2D eigenvalue weighted by atomic mass is 9.99. The van der Waals surface area contributed by atoms with Gasteiger partial charge in [0.05, 0.1) is 23.7 Å². The van der Waals surface area contributed by atoms with Gasteiger partial charge < -0.3 is 15.3 Å². The summed E-state index contributed by atoms with van der Waals surface area (Å²) in [6.45, 7) is 2.68. The highest BCUT2D eigenvalue weighted by Gasteiger charge is 2.47. The van der Waals surface area contributed by atoms with E-state index >= 15 is 0 Å². The molecule has 8 nitrogen and oxygen atoms in total. The normalized spacial score (nSPS) is 21.3. The lowest BCUT2D eigenvalue weighted by Crippen LogP contribution is -2.52. The SMILES string of the molecule is CCN1C(=O)N(c2ccc3c(c2)N([C@@H](C)C(F)(F)F)C(=O)C(c2ccccc2SC)N3)NC1CO. The van der Waals surface area contributed by atoms with Crippen LogP contribution < -0.4 is 20.7 Å². The van der Waals surface area contributed by atoms with Crippen LogP contribution in [-0.2, 0) is 4.79 Å². The van der Waals surface area contributed by atoms with Crippen molar-refractivity contribution in [3.05, 3.63) is 48.0 Å². The van der Waals surface area contributed by atoms with E-state index in [1.54, 1.807) is 37.3 Å². The molecule has 0 spiro atoms. The molecule has 2 aliphatic rings. The van der Waals surface area contributed by atoms with Crippen LogP contribution in [0.15, 0.2) is 47.4 Å². The van der Waals surface area contributed by atoms with Gasteiger partial charge in [0.25, 0.3) is 5.91 Å². The summed E-state index contributed by atoms with van der Waals surface area (Å²) < 4.78 is 41.7. The van der Waals surface area contributed by atoms with E-state index in [-0.39, 0.29) is 18.0 Å². The molecule has 2 aliphatic heterocycles. The molecule has 12 heteroatoms. The van der Waals surface area contributed by atoms with E-state index in [1.807, 2.05) is 12.3 Å². The topological polar surface area (TPSA) is 88.2 Å². The fraction of sp³-hybridized carbons (Fsp3) is 0.391. The van der Waals surface area contributed by atoms with Crippen molar-refractivity contribution in [2.75, 3.05) is 34.6 Å². The molecule has 2 aromatic carbocycles. The number of thioether (sulfide) groups is 1. The minimum absolute atomic E-state index is 0.0142. The summed E-state index contributed by atoms with van der Waals surface area (Å²) in [5.41, 5.74) is 4.04. The molecule has 1 fully saturated rings. The number of aliphatic hydroxyl groups excluding tert-OH is 1.